The molecule has 0 aromatic heterocycles. The van der Waals surface area contributed by atoms with E-state index in [0.29, 0.717) is 21.5 Å². The Morgan fingerprint density at radius 1 is 1.09 bits per heavy atom. The predicted molar refractivity (Wildman–Crippen MR) is 94.1 cm³/mol. The molecule has 1 aromatic rings. The van der Waals surface area contributed by atoms with Gasteiger partial charge in [-0.05, 0) is 80.8 Å². The van der Waals surface area contributed by atoms with Crippen molar-refractivity contribution in [2.45, 2.75) is 51.5 Å². The van der Waals surface area contributed by atoms with Gasteiger partial charge >= 0.3 is 0 Å². The fraction of sp³-hybridized carbons (Fsp3) is 0.632. The lowest BCUT2D eigenvalue weighted by Gasteiger charge is -2.58. The Morgan fingerprint density at radius 2 is 1.68 bits per heavy atom. The summed E-state index contributed by atoms with van der Waals surface area (Å²) in [6.45, 7) is 2.31. The van der Waals surface area contributed by atoms with E-state index in [0.717, 1.165) is 23.3 Å². The van der Waals surface area contributed by atoms with Crippen molar-refractivity contribution in [2.24, 2.45) is 28.2 Å². The zero-order valence-corrected chi connectivity index (χ0v) is 14.6. The van der Waals surface area contributed by atoms with Gasteiger partial charge in [-0.3, -0.25) is 4.99 Å². The van der Waals surface area contributed by atoms with Crippen LogP contribution in [0.15, 0.2) is 23.2 Å². The van der Waals surface area contributed by atoms with E-state index in [1.54, 1.807) is 6.07 Å². The van der Waals surface area contributed by atoms with E-state index in [1.807, 2.05) is 18.3 Å². The van der Waals surface area contributed by atoms with Gasteiger partial charge in [0.25, 0.3) is 0 Å². The van der Waals surface area contributed by atoms with Gasteiger partial charge in [0, 0.05) is 16.8 Å². The van der Waals surface area contributed by atoms with Crippen molar-refractivity contribution in [2.75, 3.05) is 0 Å². The number of rotatable bonds is 3. The highest BCUT2D eigenvalue weighted by molar-refractivity contribution is 6.36. The van der Waals surface area contributed by atoms with Crippen molar-refractivity contribution in [3.8, 4) is 0 Å². The Bertz CT molecular complexity index is 572. The molecule has 0 radical (unpaired) electrons. The summed E-state index contributed by atoms with van der Waals surface area (Å²) in [6, 6.07) is 6.03. The third kappa shape index (κ3) is 2.61. The van der Waals surface area contributed by atoms with Crippen LogP contribution in [0.2, 0.25) is 10.0 Å². The van der Waals surface area contributed by atoms with Gasteiger partial charge in [-0.2, -0.15) is 0 Å². The lowest BCUT2D eigenvalue weighted by atomic mass is 9.48. The van der Waals surface area contributed by atoms with E-state index in [2.05, 4.69) is 6.92 Å². The van der Waals surface area contributed by atoms with Crippen LogP contribution in [-0.2, 0) is 0 Å². The molecule has 0 heterocycles. The van der Waals surface area contributed by atoms with Crippen LogP contribution in [0.3, 0.4) is 0 Å². The molecule has 4 saturated carbocycles. The first-order valence-electron chi connectivity index (χ1n) is 8.52. The van der Waals surface area contributed by atoms with Crippen LogP contribution in [0, 0.1) is 23.2 Å². The van der Waals surface area contributed by atoms with Gasteiger partial charge in [0.05, 0.1) is 11.1 Å². The lowest BCUT2D eigenvalue weighted by Crippen LogP contribution is -2.50. The molecule has 0 spiro atoms. The standard InChI is InChI=1S/C19H23Cl2N/c1-12(22-11-16-2-3-17(20)7-18(16)21)19-8-13-4-14(9-19)6-15(5-13)10-19/h2-3,7,11-15H,4-6,8-10H2,1H3/t12-,13?,14?,15?,19?/m1/s1. The fourth-order valence-electron chi connectivity index (χ4n) is 5.65. The van der Waals surface area contributed by atoms with E-state index in [-0.39, 0.29) is 0 Å². The summed E-state index contributed by atoms with van der Waals surface area (Å²) >= 11 is 12.2. The van der Waals surface area contributed by atoms with Gasteiger partial charge in [0.2, 0.25) is 0 Å². The molecule has 0 unspecified atom stereocenters. The highest BCUT2D eigenvalue weighted by Gasteiger charge is 2.53. The average Bonchev–Trinajstić information content (AvgIpc) is 2.44. The minimum atomic E-state index is 0.396. The van der Waals surface area contributed by atoms with Crippen molar-refractivity contribution < 1.29 is 0 Å². The Balaban J connectivity index is 1.54. The molecule has 4 aliphatic rings. The first-order chi connectivity index (χ1) is 10.5. The third-order valence-corrected chi connectivity index (χ3v) is 6.93. The summed E-state index contributed by atoms with van der Waals surface area (Å²) in [5, 5.41) is 1.37. The van der Waals surface area contributed by atoms with Crippen LogP contribution in [0.1, 0.15) is 51.0 Å². The quantitative estimate of drug-likeness (QED) is 0.599. The Hall–Kier alpha value is -0.530. The lowest BCUT2D eigenvalue weighted by molar-refractivity contribution is -0.0632. The first-order valence-corrected chi connectivity index (χ1v) is 9.28. The van der Waals surface area contributed by atoms with Crippen molar-refractivity contribution >= 4 is 29.4 Å². The monoisotopic (exact) mass is 335 g/mol. The normalized spacial score (nSPS) is 37.9. The zero-order chi connectivity index (χ0) is 15.3. The summed E-state index contributed by atoms with van der Waals surface area (Å²) in [5.41, 5.74) is 1.44. The fourth-order valence-corrected chi connectivity index (χ4v) is 6.10. The highest BCUT2D eigenvalue weighted by atomic mass is 35.5. The highest BCUT2D eigenvalue weighted by Crippen LogP contribution is 2.61. The molecule has 3 heteroatoms. The molecule has 0 aliphatic heterocycles. The predicted octanol–water partition coefficient (Wildman–Crippen LogP) is 6.02. The van der Waals surface area contributed by atoms with E-state index in [9.17, 15) is 0 Å². The van der Waals surface area contributed by atoms with Crippen LogP contribution in [0.25, 0.3) is 0 Å². The maximum Gasteiger partial charge on any atom is 0.0528 e. The molecule has 5 rings (SSSR count). The van der Waals surface area contributed by atoms with Gasteiger partial charge in [-0.15, -0.1) is 0 Å². The van der Waals surface area contributed by atoms with Crippen LogP contribution in [-0.4, -0.2) is 12.3 Å². The molecule has 0 saturated heterocycles. The SMILES string of the molecule is C[C@@H](N=Cc1ccc(Cl)cc1Cl)C12CC3CC(CC(C3)C1)C2. The average molecular weight is 336 g/mol. The molecule has 1 nitrogen and oxygen atoms in total. The summed E-state index contributed by atoms with van der Waals surface area (Å²) in [7, 11) is 0. The van der Waals surface area contributed by atoms with Crippen molar-refractivity contribution in [3.63, 3.8) is 0 Å². The van der Waals surface area contributed by atoms with Crippen molar-refractivity contribution in [1.29, 1.82) is 0 Å². The summed E-state index contributed by atoms with van der Waals surface area (Å²) in [4.78, 5) is 4.92. The van der Waals surface area contributed by atoms with Gasteiger partial charge in [-0.1, -0.05) is 29.3 Å². The Morgan fingerprint density at radius 3 is 2.23 bits per heavy atom. The number of benzene rings is 1. The van der Waals surface area contributed by atoms with Crippen LogP contribution in [0.5, 0.6) is 0 Å². The minimum absolute atomic E-state index is 0.396. The second-order valence-corrected chi connectivity index (χ2v) is 8.74. The molecular weight excluding hydrogens is 313 g/mol. The molecule has 1 aromatic carbocycles. The largest absolute Gasteiger partial charge is 0.289 e. The molecule has 118 valence electrons. The van der Waals surface area contributed by atoms with Crippen molar-refractivity contribution in [3.05, 3.63) is 33.8 Å². The number of hydrogen-bond donors (Lipinski definition) is 0. The Kier molecular flexibility index (Phi) is 3.77. The van der Waals surface area contributed by atoms with Gasteiger partial charge in [0.15, 0.2) is 0 Å². The second-order valence-electron chi connectivity index (χ2n) is 7.90. The molecule has 1 atom stereocenters. The summed E-state index contributed by atoms with van der Waals surface area (Å²) in [5.74, 6) is 2.93. The number of aliphatic imine (C=N–C) groups is 1. The van der Waals surface area contributed by atoms with E-state index >= 15 is 0 Å². The first kappa shape index (κ1) is 15.0. The van der Waals surface area contributed by atoms with Gasteiger partial charge in [-0.25, -0.2) is 0 Å². The molecule has 4 fully saturated rings. The van der Waals surface area contributed by atoms with E-state index in [1.165, 1.54) is 38.5 Å². The topological polar surface area (TPSA) is 12.4 Å². The molecule has 0 amide bonds. The van der Waals surface area contributed by atoms with Crippen LogP contribution in [0.4, 0.5) is 0 Å². The smallest absolute Gasteiger partial charge is 0.0528 e. The molecule has 22 heavy (non-hydrogen) atoms. The molecule has 4 aliphatic carbocycles. The molecule has 4 bridgehead atoms. The maximum atomic E-state index is 6.26. The van der Waals surface area contributed by atoms with Crippen LogP contribution >= 0.6 is 23.2 Å². The molecule has 0 N–H and O–H groups in total. The summed E-state index contributed by atoms with van der Waals surface area (Å²) < 4.78 is 0. The van der Waals surface area contributed by atoms with Gasteiger partial charge < -0.3 is 0 Å². The summed E-state index contributed by atoms with van der Waals surface area (Å²) in [6.07, 6.45) is 10.6. The Labute approximate surface area is 143 Å². The van der Waals surface area contributed by atoms with E-state index in [4.69, 9.17) is 28.2 Å². The third-order valence-electron chi connectivity index (χ3n) is 6.37. The van der Waals surface area contributed by atoms with Crippen LogP contribution < -0.4 is 0 Å². The maximum absolute atomic E-state index is 6.26. The van der Waals surface area contributed by atoms with Crippen molar-refractivity contribution in [1.82, 2.24) is 0 Å². The number of hydrogen-bond acceptors (Lipinski definition) is 1. The number of halogens is 2. The van der Waals surface area contributed by atoms with E-state index < -0.39 is 0 Å². The number of nitrogens with zero attached hydrogens (tertiary/aromatic N) is 1. The minimum Gasteiger partial charge on any atom is -0.289 e. The zero-order valence-electron chi connectivity index (χ0n) is 13.1. The second kappa shape index (κ2) is 5.53. The molecular formula is C19H23Cl2N. The van der Waals surface area contributed by atoms with Gasteiger partial charge in [0.1, 0.15) is 0 Å².